The molecule has 2 aromatic carbocycles. The molecule has 0 aliphatic heterocycles. The van der Waals surface area contributed by atoms with Crippen LogP contribution >= 0.6 is 11.8 Å². The number of nitrogens with one attached hydrogen (secondary N) is 1. The lowest BCUT2D eigenvalue weighted by Crippen LogP contribution is -1.89. The third kappa shape index (κ3) is 2.86. The first kappa shape index (κ1) is 14.8. The predicted octanol–water partition coefficient (Wildman–Crippen LogP) is 4.78. The molecule has 0 radical (unpaired) electrons. The molecular formula is C19H15N3OS. The molecule has 0 bridgehead atoms. The molecule has 0 unspecified atom stereocenters. The van der Waals surface area contributed by atoms with Gasteiger partial charge in [-0.25, -0.2) is 4.98 Å². The summed E-state index contributed by atoms with van der Waals surface area (Å²) >= 11 is 1.60. The van der Waals surface area contributed by atoms with E-state index in [1.165, 1.54) is 0 Å². The molecule has 0 fully saturated rings. The van der Waals surface area contributed by atoms with Gasteiger partial charge in [0.1, 0.15) is 5.75 Å². The largest absolute Gasteiger partial charge is 0.497 e. The van der Waals surface area contributed by atoms with Gasteiger partial charge < -0.3 is 9.72 Å². The second kappa shape index (κ2) is 6.37. The highest BCUT2D eigenvalue weighted by Gasteiger charge is 2.11. The number of benzene rings is 2. The minimum atomic E-state index is 0.795. The van der Waals surface area contributed by atoms with Crippen molar-refractivity contribution < 1.29 is 4.74 Å². The fourth-order valence-electron chi connectivity index (χ4n) is 2.53. The number of hydrogen-bond acceptors (Lipinski definition) is 4. The van der Waals surface area contributed by atoms with E-state index < -0.39 is 0 Å². The number of aromatic nitrogens is 3. The summed E-state index contributed by atoms with van der Waals surface area (Å²) in [4.78, 5) is 13.6. The van der Waals surface area contributed by atoms with Gasteiger partial charge in [-0.15, -0.1) is 0 Å². The number of hydrogen-bond donors (Lipinski definition) is 1. The van der Waals surface area contributed by atoms with Crippen molar-refractivity contribution in [3.8, 4) is 17.0 Å². The van der Waals surface area contributed by atoms with Gasteiger partial charge in [0.2, 0.25) is 0 Å². The molecule has 0 saturated carbocycles. The highest BCUT2D eigenvalue weighted by atomic mass is 32.2. The number of pyridine rings is 1. The van der Waals surface area contributed by atoms with Crippen LogP contribution in [-0.4, -0.2) is 22.1 Å². The lowest BCUT2D eigenvalue weighted by Gasteiger charge is -2.08. The summed E-state index contributed by atoms with van der Waals surface area (Å²) in [6.45, 7) is 0. The second-order valence-corrected chi connectivity index (χ2v) is 6.27. The van der Waals surface area contributed by atoms with Gasteiger partial charge in [0.25, 0.3) is 0 Å². The zero-order chi connectivity index (χ0) is 16.4. The van der Waals surface area contributed by atoms with Crippen molar-refractivity contribution in [2.45, 2.75) is 10.1 Å². The summed E-state index contributed by atoms with van der Waals surface area (Å²) in [6, 6.07) is 20.0. The highest BCUT2D eigenvalue weighted by molar-refractivity contribution is 7.99. The first-order valence-corrected chi connectivity index (χ1v) is 8.37. The normalized spacial score (nSPS) is 10.9. The number of methoxy groups -OCH3 is 1. The van der Waals surface area contributed by atoms with Crippen LogP contribution in [0.1, 0.15) is 0 Å². The maximum Gasteiger partial charge on any atom is 0.171 e. The molecule has 0 aliphatic carbocycles. The molecule has 0 spiro atoms. The summed E-state index contributed by atoms with van der Waals surface area (Å²) in [5.74, 6) is 0.795. The minimum Gasteiger partial charge on any atom is -0.497 e. The Morgan fingerprint density at radius 3 is 2.71 bits per heavy atom. The van der Waals surface area contributed by atoms with Crippen molar-refractivity contribution in [3.63, 3.8) is 0 Å². The zero-order valence-electron chi connectivity index (χ0n) is 13.1. The van der Waals surface area contributed by atoms with Crippen LogP contribution in [0.15, 0.2) is 76.9 Å². The maximum atomic E-state index is 5.31. The van der Waals surface area contributed by atoms with Crippen molar-refractivity contribution in [1.29, 1.82) is 0 Å². The molecule has 0 atom stereocenters. The Balaban J connectivity index is 1.73. The fourth-order valence-corrected chi connectivity index (χ4v) is 3.48. The number of ether oxygens (including phenoxy) is 1. The number of nitrogens with zero attached hydrogens (tertiary/aromatic N) is 2. The zero-order valence-corrected chi connectivity index (χ0v) is 13.9. The average Bonchev–Trinajstić information content (AvgIpc) is 3.04. The van der Waals surface area contributed by atoms with Crippen LogP contribution in [0.25, 0.3) is 22.3 Å². The molecule has 0 amide bonds. The Kier molecular flexibility index (Phi) is 3.92. The third-order valence-corrected chi connectivity index (χ3v) is 4.67. The van der Waals surface area contributed by atoms with Crippen LogP contribution in [-0.2, 0) is 0 Å². The summed E-state index contributed by atoms with van der Waals surface area (Å²) in [7, 11) is 1.66. The summed E-state index contributed by atoms with van der Waals surface area (Å²) in [5.41, 5.74) is 3.95. The fraction of sp³-hybridized carbons (Fsp3) is 0.0526. The Hall–Kier alpha value is -2.79. The van der Waals surface area contributed by atoms with Gasteiger partial charge in [0.15, 0.2) is 5.16 Å². The van der Waals surface area contributed by atoms with E-state index in [2.05, 4.69) is 27.1 Å². The van der Waals surface area contributed by atoms with Gasteiger partial charge in [-0.3, -0.25) is 4.98 Å². The molecule has 4 nitrogen and oxygen atoms in total. The van der Waals surface area contributed by atoms with Crippen LogP contribution in [0.3, 0.4) is 0 Å². The van der Waals surface area contributed by atoms with E-state index in [1.54, 1.807) is 25.1 Å². The van der Waals surface area contributed by atoms with Crippen LogP contribution in [0.2, 0.25) is 0 Å². The molecule has 118 valence electrons. The Morgan fingerprint density at radius 1 is 1.00 bits per heavy atom. The van der Waals surface area contributed by atoms with E-state index in [0.29, 0.717) is 0 Å². The molecular weight excluding hydrogens is 318 g/mol. The number of rotatable bonds is 4. The van der Waals surface area contributed by atoms with Gasteiger partial charge in [0, 0.05) is 22.7 Å². The summed E-state index contributed by atoms with van der Waals surface area (Å²) in [5, 5.41) is 0.867. The molecule has 4 aromatic rings. The molecule has 0 saturated heterocycles. The Bertz CT molecular complexity index is 964. The number of para-hydroxylation sites is 2. The first-order chi connectivity index (χ1) is 11.8. The van der Waals surface area contributed by atoms with Crippen molar-refractivity contribution in [2.75, 3.05) is 7.11 Å². The number of imidazole rings is 1. The van der Waals surface area contributed by atoms with Gasteiger partial charge in [-0.2, -0.15) is 0 Å². The third-order valence-electron chi connectivity index (χ3n) is 3.70. The summed E-state index contributed by atoms with van der Waals surface area (Å²) < 4.78 is 5.31. The molecule has 24 heavy (non-hydrogen) atoms. The van der Waals surface area contributed by atoms with Gasteiger partial charge in [-0.1, -0.05) is 42.1 Å². The quantitative estimate of drug-likeness (QED) is 0.584. The van der Waals surface area contributed by atoms with Crippen molar-refractivity contribution >= 4 is 22.8 Å². The van der Waals surface area contributed by atoms with E-state index in [-0.39, 0.29) is 0 Å². The molecule has 5 heteroatoms. The molecule has 1 N–H and O–H groups in total. The average molecular weight is 333 g/mol. The molecule has 0 aliphatic rings. The number of H-pyrrole nitrogens is 1. The van der Waals surface area contributed by atoms with Gasteiger partial charge in [0.05, 0.1) is 23.8 Å². The van der Waals surface area contributed by atoms with Crippen LogP contribution in [0.5, 0.6) is 5.75 Å². The monoisotopic (exact) mass is 333 g/mol. The van der Waals surface area contributed by atoms with E-state index in [9.17, 15) is 0 Å². The summed E-state index contributed by atoms with van der Waals surface area (Å²) in [6.07, 6.45) is 1.76. The Morgan fingerprint density at radius 2 is 1.83 bits per heavy atom. The van der Waals surface area contributed by atoms with E-state index in [0.717, 1.165) is 38.1 Å². The van der Waals surface area contributed by atoms with Crippen molar-refractivity contribution in [3.05, 3.63) is 66.9 Å². The highest BCUT2D eigenvalue weighted by Crippen LogP contribution is 2.35. The van der Waals surface area contributed by atoms with E-state index in [4.69, 9.17) is 4.74 Å². The van der Waals surface area contributed by atoms with Crippen LogP contribution in [0.4, 0.5) is 0 Å². The van der Waals surface area contributed by atoms with Crippen molar-refractivity contribution in [1.82, 2.24) is 15.0 Å². The smallest absolute Gasteiger partial charge is 0.171 e. The van der Waals surface area contributed by atoms with Crippen LogP contribution < -0.4 is 4.74 Å². The van der Waals surface area contributed by atoms with Gasteiger partial charge >= 0.3 is 0 Å². The first-order valence-electron chi connectivity index (χ1n) is 7.55. The number of aromatic amines is 1. The lowest BCUT2D eigenvalue weighted by molar-refractivity contribution is 0.414. The molecule has 2 aromatic heterocycles. The standard InChI is InChI=1S/C19H15N3OS/c1-23-13-10-11-20-17(12-13)14-6-2-5-9-18(14)24-19-21-15-7-3-4-8-16(15)22-19/h2-12H,1H3,(H,21,22). The molecule has 4 rings (SSSR count). The van der Waals surface area contributed by atoms with Gasteiger partial charge in [-0.05, 0) is 24.3 Å². The van der Waals surface area contributed by atoms with Crippen molar-refractivity contribution in [2.24, 2.45) is 0 Å². The van der Waals surface area contributed by atoms with E-state index >= 15 is 0 Å². The lowest BCUT2D eigenvalue weighted by atomic mass is 10.1. The van der Waals surface area contributed by atoms with Crippen LogP contribution in [0, 0.1) is 0 Å². The topological polar surface area (TPSA) is 50.8 Å². The Labute approximate surface area is 143 Å². The predicted molar refractivity (Wildman–Crippen MR) is 96.4 cm³/mol. The molecule has 2 heterocycles. The second-order valence-electron chi connectivity index (χ2n) is 5.24. The maximum absolute atomic E-state index is 5.31. The SMILES string of the molecule is COc1ccnc(-c2ccccc2Sc2nc3ccccc3[nH]2)c1. The van der Waals surface area contributed by atoms with E-state index in [1.807, 2.05) is 48.5 Å². The number of fused-ring (bicyclic) bond motifs is 1. The minimum absolute atomic E-state index is 0.795.